The van der Waals surface area contributed by atoms with E-state index in [2.05, 4.69) is 4.98 Å². The molecule has 0 atom stereocenters. The lowest BCUT2D eigenvalue weighted by molar-refractivity contribution is 0.0994. The monoisotopic (exact) mass is 264 g/mol. The van der Waals surface area contributed by atoms with Crippen molar-refractivity contribution < 1.29 is 4.79 Å². The van der Waals surface area contributed by atoms with Gasteiger partial charge in [-0.1, -0.05) is 36.4 Å². The Hall–Kier alpha value is -2.55. The number of carbonyl (C=O) groups is 1. The second kappa shape index (κ2) is 4.85. The van der Waals surface area contributed by atoms with Crippen molar-refractivity contribution in [1.29, 1.82) is 0 Å². The Morgan fingerprint density at radius 3 is 2.55 bits per heavy atom. The highest BCUT2D eigenvalue weighted by atomic mass is 16.2. The van der Waals surface area contributed by atoms with Crippen LogP contribution in [0.15, 0.2) is 54.7 Å². The quantitative estimate of drug-likeness (QED) is 0.751. The van der Waals surface area contributed by atoms with Crippen LogP contribution in [0.5, 0.6) is 0 Å². The van der Waals surface area contributed by atoms with E-state index in [0.29, 0.717) is 5.56 Å². The van der Waals surface area contributed by atoms with E-state index in [1.807, 2.05) is 62.5 Å². The number of para-hydroxylation sites is 2. The Bertz CT molecular complexity index is 773. The molecule has 0 bridgehead atoms. The number of hydrogen-bond acceptors (Lipinski definition) is 1. The van der Waals surface area contributed by atoms with Crippen molar-refractivity contribution >= 4 is 22.5 Å². The summed E-state index contributed by atoms with van der Waals surface area (Å²) in [5, 5.41) is 0.956. The van der Waals surface area contributed by atoms with Gasteiger partial charge in [-0.3, -0.25) is 4.79 Å². The smallest absolute Gasteiger partial charge is 0.260 e. The normalized spacial score (nSPS) is 10.7. The Kier molecular flexibility index (Phi) is 3.03. The largest absolute Gasteiger partial charge is 0.360 e. The van der Waals surface area contributed by atoms with Gasteiger partial charge in [0, 0.05) is 29.8 Å². The number of benzene rings is 2. The molecule has 2 aromatic carbocycles. The lowest BCUT2D eigenvalue weighted by atomic mass is 10.1. The third-order valence-corrected chi connectivity index (χ3v) is 3.60. The molecule has 1 amide bonds. The first-order chi connectivity index (χ1) is 9.68. The van der Waals surface area contributed by atoms with E-state index in [-0.39, 0.29) is 5.91 Å². The van der Waals surface area contributed by atoms with E-state index in [9.17, 15) is 4.79 Å². The van der Waals surface area contributed by atoms with Crippen molar-refractivity contribution in [3.8, 4) is 0 Å². The lowest BCUT2D eigenvalue weighted by Crippen LogP contribution is -2.26. The molecule has 1 heterocycles. The van der Waals surface area contributed by atoms with Gasteiger partial charge in [-0.2, -0.15) is 0 Å². The molecule has 3 rings (SSSR count). The molecular formula is C17H16N2O. The predicted octanol–water partition coefficient (Wildman–Crippen LogP) is 3.75. The predicted molar refractivity (Wildman–Crippen MR) is 82.2 cm³/mol. The van der Waals surface area contributed by atoms with Crippen molar-refractivity contribution in [1.82, 2.24) is 4.98 Å². The van der Waals surface area contributed by atoms with Crippen molar-refractivity contribution in [2.75, 3.05) is 11.9 Å². The zero-order chi connectivity index (χ0) is 14.1. The summed E-state index contributed by atoms with van der Waals surface area (Å²) in [6.07, 6.45) is 1.78. The fraction of sp³-hybridized carbons (Fsp3) is 0.118. The second-order valence-corrected chi connectivity index (χ2v) is 4.90. The Labute approximate surface area is 117 Å². The van der Waals surface area contributed by atoms with Crippen LogP contribution in [-0.2, 0) is 0 Å². The highest BCUT2D eigenvalue weighted by Gasteiger charge is 2.18. The lowest BCUT2D eigenvalue weighted by Gasteiger charge is -2.19. The van der Waals surface area contributed by atoms with Crippen molar-refractivity contribution in [3.05, 3.63) is 65.9 Å². The summed E-state index contributed by atoms with van der Waals surface area (Å²) in [6.45, 7) is 2.01. The molecule has 3 heteroatoms. The molecule has 0 fully saturated rings. The highest BCUT2D eigenvalue weighted by Crippen LogP contribution is 2.23. The minimum absolute atomic E-state index is 0.00301. The molecular weight excluding hydrogens is 248 g/mol. The molecule has 0 aliphatic carbocycles. The Morgan fingerprint density at radius 2 is 1.75 bits per heavy atom. The van der Waals surface area contributed by atoms with Gasteiger partial charge in [-0.25, -0.2) is 0 Å². The average Bonchev–Trinajstić information content (AvgIpc) is 2.90. The van der Waals surface area contributed by atoms with E-state index in [1.165, 1.54) is 0 Å². The van der Waals surface area contributed by atoms with Crippen LogP contribution in [0.1, 0.15) is 15.9 Å². The maximum atomic E-state index is 12.7. The van der Waals surface area contributed by atoms with Crippen molar-refractivity contribution in [3.63, 3.8) is 0 Å². The first kappa shape index (κ1) is 12.5. The zero-order valence-corrected chi connectivity index (χ0v) is 11.6. The highest BCUT2D eigenvalue weighted by molar-refractivity contribution is 6.13. The summed E-state index contributed by atoms with van der Waals surface area (Å²) in [6, 6.07) is 15.7. The molecule has 1 N–H and O–H groups in total. The van der Waals surface area contributed by atoms with Gasteiger partial charge in [0.2, 0.25) is 0 Å². The van der Waals surface area contributed by atoms with Gasteiger partial charge in [0.05, 0.1) is 5.56 Å². The number of hydrogen-bond donors (Lipinski definition) is 1. The SMILES string of the molecule is Cc1ccccc1N(C)C(=O)c1c[nH]c2ccccc12. The fourth-order valence-electron chi connectivity index (χ4n) is 2.48. The summed E-state index contributed by atoms with van der Waals surface area (Å²) in [4.78, 5) is 17.5. The number of fused-ring (bicyclic) bond motifs is 1. The van der Waals surface area contributed by atoms with Crippen molar-refractivity contribution in [2.24, 2.45) is 0 Å². The van der Waals surface area contributed by atoms with Gasteiger partial charge in [0.1, 0.15) is 0 Å². The van der Waals surface area contributed by atoms with E-state index in [1.54, 1.807) is 11.1 Å². The van der Waals surface area contributed by atoms with E-state index in [4.69, 9.17) is 0 Å². The number of aromatic nitrogens is 1. The second-order valence-electron chi connectivity index (χ2n) is 4.90. The number of aryl methyl sites for hydroxylation is 1. The Morgan fingerprint density at radius 1 is 1.05 bits per heavy atom. The van der Waals surface area contributed by atoms with Gasteiger partial charge >= 0.3 is 0 Å². The molecule has 1 aromatic heterocycles. The number of nitrogens with zero attached hydrogens (tertiary/aromatic N) is 1. The minimum atomic E-state index is -0.00301. The Balaban J connectivity index is 2.03. The molecule has 0 unspecified atom stereocenters. The van der Waals surface area contributed by atoms with Crippen LogP contribution in [0.4, 0.5) is 5.69 Å². The van der Waals surface area contributed by atoms with Crippen molar-refractivity contribution in [2.45, 2.75) is 6.92 Å². The third-order valence-electron chi connectivity index (χ3n) is 3.60. The summed E-state index contributed by atoms with van der Waals surface area (Å²) in [5.74, 6) is -0.00301. The standard InChI is InChI=1S/C17H16N2O/c1-12-7-3-6-10-16(12)19(2)17(20)14-11-18-15-9-5-4-8-13(14)15/h3-11,18H,1-2H3. The zero-order valence-electron chi connectivity index (χ0n) is 11.6. The van der Waals surface area contributed by atoms with Crippen LogP contribution in [0.25, 0.3) is 10.9 Å². The summed E-state index contributed by atoms with van der Waals surface area (Å²) in [7, 11) is 1.81. The first-order valence-electron chi connectivity index (χ1n) is 6.58. The van der Waals surface area contributed by atoms with Crippen LogP contribution in [-0.4, -0.2) is 17.9 Å². The van der Waals surface area contributed by atoms with Crippen LogP contribution in [0.2, 0.25) is 0 Å². The van der Waals surface area contributed by atoms with Crippen LogP contribution in [0.3, 0.4) is 0 Å². The van der Waals surface area contributed by atoms with E-state index < -0.39 is 0 Å². The number of carbonyl (C=O) groups excluding carboxylic acids is 1. The third kappa shape index (κ3) is 1.97. The van der Waals surface area contributed by atoms with E-state index in [0.717, 1.165) is 22.2 Å². The average molecular weight is 264 g/mol. The van der Waals surface area contributed by atoms with Gasteiger partial charge in [-0.05, 0) is 24.6 Å². The molecule has 0 saturated carbocycles. The first-order valence-corrected chi connectivity index (χ1v) is 6.58. The molecule has 3 nitrogen and oxygen atoms in total. The number of rotatable bonds is 2. The number of aromatic amines is 1. The molecule has 100 valence electrons. The molecule has 0 spiro atoms. The van der Waals surface area contributed by atoms with Crippen LogP contribution in [0, 0.1) is 6.92 Å². The number of nitrogens with one attached hydrogen (secondary N) is 1. The summed E-state index contributed by atoms with van der Waals surface area (Å²) in [5.41, 5.74) is 3.70. The topological polar surface area (TPSA) is 36.1 Å². The summed E-state index contributed by atoms with van der Waals surface area (Å²) < 4.78 is 0. The van der Waals surface area contributed by atoms with Gasteiger partial charge in [-0.15, -0.1) is 0 Å². The molecule has 0 aliphatic rings. The fourth-order valence-corrected chi connectivity index (χ4v) is 2.48. The number of anilines is 1. The van der Waals surface area contributed by atoms with Crippen LogP contribution >= 0.6 is 0 Å². The molecule has 0 radical (unpaired) electrons. The number of H-pyrrole nitrogens is 1. The van der Waals surface area contributed by atoms with Gasteiger partial charge < -0.3 is 9.88 Å². The van der Waals surface area contributed by atoms with Gasteiger partial charge in [0.25, 0.3) is 5.91 Å². The maximum absolute atomic E-state index is 12.7. The summed E-state index contributed by atoms with van der Waals surface area (Å²) >= 11 is 0. The number of amides is 1. The molecule has 20 heavy (non-hydrogen) atoms. The molecule has 0 aliphatic heterocycles. The van der Waals surface area contributed by atoms with Crippen LogP contribution < -0.4 is 4.90 Å². The molecule has 0 saturated heterocycles. The van der Waals surface area contributed by atoms with Gasteiger partial charge in [0.15, 0.2) is 0 Å². The van der Waals surface area contributed by atoms with E-state index >= 15 is 0 Å². The maximum Gasteiger partial charge on any atom is 0.260 e. The minimum Gasteiger partial charge on any atom is -0.360 e. The molecule has 3 aromatic rings.